The lowest BCUT2D eigenvalue weighted by molar-refractivity contribution is 0.0944. The summed E-state index contributed by atoms with van der Waals surface area (Å²) in [5.74, 6) is 1.03. The van der Waals surface area contributed by atoms with Gasteiger partial charge in [0.1, 0.15) is 0 Å². The van der Waals surface area contributed by atoms with Gasteiger partial charge in [-0.1, -0.05) is 27.2 Å². The molecule has 1 aliphatic rings. The number of nitrogens with zero attached hydrogens (tertiary/aromatic N) is 1. The summed E-state index contributed by atoms with van der Waals surface area (Å²) >= 11 is 1.57. The molecule has 0 aromatic carbocycles. The number of hydrogen-bond donors (Lipinski definition) is 1. The molecule has 3 nitrogen and oxygen atoms in total. The third-order valence-electron chi connectivity index (χ3n) is 4.23. The third kappa shape index (κ3) is 3.35. The number of anilines is 2. The molecule has 0 radical (unpaired) electrons. The van der Waals surface area contributed by atoms with Crippen LogP contribution < -0.4 is 10.6 Å². The summed E-state index contributed by atoms with van der Waals surface area (Å²) in [6.45, 7) is 8.32. The number of thiophene rings is 1. The van der Waals surface area contributed by atoms with Crippen molar-refractivity contribution in [3.8, 4) is 0 Å². The molecule has 4 heteroatoms. The number of carbonyl (C=O) groups excluding carboxylic acids is 1. The molecule has 1 aliphatic heterocycles. The van der Waals surface area contributed by atoms with Gasteiger partial charge in [-0.05, 0) is 31.2 Å². The predicted molar refractivity (Wildman–Crippen MR) is 87.7 cm³/mol. The topological polar surface area (TPSA) is 46.3 Å². The van der Waals surface area contributed by atoms with E-state index >= 15 is 0 Å². The second kappa shape index (κ2) is 6.61. The van der Waals surface area contributed by atoms with Crippen molar-refractivity contribution in [2.45, 2.75) is 46.5 Å². The molecule has 1 fully saturated rings. The van der Waals surface area contributed by atoms with E-state index in [-0.39, 0.29) is 11.7 Å². The Morgan fingerprint density at radius 1 is 1.45 bits per heavy atom. The lowest BCUT2D eigenvalue weighted by Crippen LogP contribution is -2.23. The van der Waals surface area contributed by atoms with E-state index in [0.717, 1.165) is 23.9 Å². The maximum absolute atomic E-state index is 12.1. The molecule has 1 unspecified atom stereocenters. The number of nitrogens with two attached hydrogens (primary N) is 1. The fourth-order valence-corrected chi connectivity index (χ4v) is 4.02. The molecular weight excluding hydrogens is 268 g/mol. The van der Waals surface area contributed by atoms with Crippen LogP contribution in [0.5, 0.6) is 0 Å². The number of hydrogen-bond acceptors (Lipinski definition) is 4. The molecule has 1 atom stereocenters. The molecule has 0 aliphatic carbocycles. The van der Waals surface area contributed by atoms with Crippen LogP contribution in [0.1, 0.15) is 56.1 Å². The van der Waals surface area contributed by atoms with Crippen molar-refractivity contribution in [3.05, 3.63) is 10.9 Å². The third-order valence-corrected chi connectivity index (χ3v) is 5.46. The summed E-state index contributed by atoms with van der Waals surface area (Å²) in [6, 6.07) is 1.99. The molecule has 1 aromatic heterocycles. The van der Waals surface area contributed by atoms with Gasteiger partial charge in [-0.3, -0.25) is 4.79 Å². The zero-order valence-corrected chi connectivity index (χ0v) is 13.6. The zero-order valence-electron chi connectivity index (χ0n) is 12.8. The Labute approximate surface area is 126 Å². The molecule has 2 heterocycles. The van der Waals surface area contributed by atoms with Crippen LogP contribution in [0.4, 0.5) is 10.7 Å². The Hall–Kier alpha value is -1.03. The molecule has 1 saturated heterocycles. The minimum Gasteiger partial charge on any atom is -0.397 e. The van der Waals surface area contributed by atoms with Crippen LogP contribution in [0.2, 0.25) is 0 Å². The Kier molecular flexibility index (Phi) is 5.08. The second-order valence-corrected chi connectivity index (χ2v) is 7.11. The van der Waals surface area contributed by atoms with Crippen molar-refractivity contribution in [1.82, 2.24) is 0 Å². The van der Waals surface area contributed by atoms with Gasteiger partial charge < -0.3 is 10.6 Å². The largest absolute Gasteiger partial charge is 0.397 e. The van der Waals surface area contributed by atoms with E-state index in [1.807, 2.05) is 19.9 Å². The average Bonchev–Trinajstić information content (AvgIpc) is 2.66. The first kappa shape index (κ1) is 15.4. The van der Waals surface area contributed by atoms with Crippen molar-refractivity contribution < 1.29 is 4.79 Å². The van der Waals surface area contributed by atoms with Crippen LogP contribution in [0.15, 0.2) is 6.07 Å². The molecule has 112 valence electrons. The van der Waals surface area contributed by atoms with E-state index in [0.29, 0.717) is 5.69 Å². The number of Topliss-reactive ketones (excluding diaryl/α,β-unsaturated/α-hetero) is 1. The van der Waals surface area contributed by atoms with E-state index in [1.165, 1.54) is 30.7 Å². The Morgan fingerprint density at radius 2 is 2.20 bits per heavy atom. The summed E-state index contributed by atoms with van der Waals surface area (Å²) in [4.78, 5) is 15.3. The monoisotopic (exact) mass is 294 g/mol. The van der Waals surface area contributed by atoms with Crippen molar-refractivity contribution in [2.75, 3.05) is 23.7 Å². The van der Waals surface area contributed by atoms with Crippen LogP contribution >= 0.6 is 11.3 Å². The standard InChI is InChI=1S/C16H26N2OS/c1-4-12-6-5-8-18(9-7-12)14-10-13(17)16(20-14)15(19)11(2)3/h10-12H,4-9,17H2,1-3H3. The summed E-state index contributed by atoms with van der Waals surface area (Å²) < 4.78 is 0. The first-order chi connectivity index (χ1) is 9.52. The minimum atomic E-state index is 0.0115. The highest BCUT2D eigenvalue weighted by Crippen LogP contribution is 2.35. The predicted octanol–water partition coefficient (Wildman–Crippen LogP) is 4.19. The fraction of sp³-hybridized carbons (Fsp3) is 0.688. The fourth-order valence-electron chi connectivity index (χ4n) is 2.80. The van der Waals surface area contributed by atoms with Crippen LogP contribution in [0.25, 0.3) is 0 Å². The van der Waals surface area contributed by atoms with Crippen molar-refractivity contribution in [2.24, 2.45) is 11.8 Å². The number of ketones is 1. The van der Waals surface area contributed by atoms with E-state index in [9.17, 15) is 4.79 Å². The Morgan fingerprint density at radius 3 is 2.85 bits per heavy atom. The highest BCUT2D eigenvalue weighted by Gasteiger charge is 2.22. The van der Waals surface area contributed by atoms with Crippen molar-refractivity contribution in [3.63, 3.8) is 0 Å². The first-order valence-electron chi connectivity index (χ1n) is 7.71. The zero-order chi connectivity index (χ0) is 14.7. The molecule has 0 bridgehead atoms. The van der Waals surface area contributed by atoms with Gasteiger partial charge in [-0.25, -0.2) is 0 Å². The molecule has 0 saturated carbocycles. The maximum Gasteiger partial charge on any atom is 0.177 e. The summed E-state index contributed by atoms with van der Waals surface area (Å²) in [5.41, 5.74) is 6.69. The van der Waals surface area contributed by atoms with Crippen LogP contribution in [0.3, 0.4) is 0 Å². The molecule has 0 amide bonds. The van der Waals surface area contributed by atoms with Gasteiger partial charge >= 0.3 is 0 Å². The Bertz CT molecular complexity index is 467. The molecule has 2 N–H and O–H groups in total. The SMILES string of the molecule is CCC1CCCN(c2cc(N)c(C(=O)C(C)C)s2)CC1. The van der Waals surface area contributed by atoms with Gasteiger partial charge in [0.25, 0.3) is 0 Å². The van der Waals surface area contributed by atoms with Crippen LogP contribution in [-0.2, 0) is 0 Å². The van der Waals surface area contributed by atoms with Crippen LogP contribution in [-0.4, -0.2) is 18.9 Å². The maximum atomic E-state index is 12.1. The lowest BCUT2D eigenvalue weighted by atomic mass is 9.98. The molecule has 1 aromatic rings. The van der Waals surface area contributed by atoms with Gasteiger partial charge in [-0.15, -0.1) is 11.3 Å². The molecular formula is C16H26N2OS. The highest BCUT2D eigenvalue weighted by atomic mass is 32.1. The number of nitrogen functional groups attached to an aromatic ring is 1. The van der Waals surface area contributed by atoms with Crippen molar-refractivity contribution >= 4 is 27.8 Å². The van der Waals surface area contributed by atoms with Gasteiger partial charge in [0, 0.05) is 19.0 Å². The number of carbonyl (C=O) groups is 1. The minimum absolute atomic E-state index is 0.0115. The average molecular weight is 294 g/mol. The van der Waals surface area contributed by atoms with Crippen LogP contribution in [0, 0.1) is 11.8 Å². The normalized spacial score (nSPS) is 20.2. The van der Waals surface area contributed by atoms with Gasteiger partial charge in [0.15, 0.2) is 5.78 Å². The highest BCUT2D eigenvalue weighted by molar-refractivity contribution is 7.18. The van der Waals surface area contributed by atoms with Gasteiger partial charge in [0.2, 0.25) is 0 Å². The smallest absolute Gasteiger partial charge is 0.177 e. The number of rotatable bonds is 4. The van der Waals surface area contributed by atoms with Gasteiger partial charge in [0.05, 0.1) is 15.6 Å². The van der Waals surface area contributed by atoms with Gasteiger partial charge in [-0.2, -0.15) is 0 Å². The quantitative estimate of drug-likeness (QED) is 0.847. The summed E-state index contributed by atoms with van der Waals surface area (Å²) in [5, 5.41) is 1.17. The van der Waals surface area contributed by atoms with E-state index in [2.05, 4.69) is 11.8 Å². The van der Waals surface area contributed by atoms with Crippen molar-refractivity contribution in [1.29, 1.82) is 0 Å². The van der Waals surface area contributed by atoms with E-state index < -0.39 is 0 Å². The van der Waals surface area contributed by atoms with E-state index in [4.69, 9.17) is 5.73 Å². The molecule has 2 rings (SSSR count). The summed E-state index contributed by atoms with van der Waals surface area (Å²) in [7, 11) is 0. The van der Waals surface area contributed by atoms with E-state index in [1.54, 1.807) is 11.3 Å². The molecule has 20 heavy (non-hydrogen) atoms. The lowest BCUT2D eigenvalue weighted by Gasteiger charge is -2.20. The first-order valence-corrected chi connectivity index (χ1v) is 8.53. The molecule has 0 spiro atoms. The summed E-state index contributed by atoms with van der Waals surface area (Å²) in [6.07, 6.45) is 5.09. The second-order valence-electron chi connectivity index (χ2n) is 6.08. The Balaban J connectivity index is 2.13.